The van der Waals surface area contributed by atoms with Crippen LogP contribution in [0, 0.1) is 0 Å². The number of alkyl halides is 3. The van der Waals surface area contributed by atoms with Gasteiger partial charge in [-0.15, -0.1) is 0 Å². The summed E-state index contributed by atoms with van der Waals surface area (Å²) in [6, 6.07) is 3.89. The maximum absolute atomic E-state index is 12.4. The number of fused-ring (bicyclic) bond motifs is 1. The third-order valence-corrected chi connectivity index (χ3v) is 5.01. The van der Waals surface area contributed by atoms with Gasteiger partial charge in [0.1, 0.15) is 0 Å². The number of hydrogen-bond acceptors (Lipinski definition) is 4. The van der Waals surface area contributed by atoms with Gasteiger partial charge in [-0.25, -0.2) is 0 Å². The molecule has 0 N–H and O–H groups in total. The van der Waals surface area contributed by atoms with Crippen LogP contribution in [0.2, 0.25) is 5.02 Å². The van der Waals surface area contributed by atoms with E-state index in [2.05, 4.69) is 20.1 Å². The minimum Gasteiger partial charge on any atom is -0.370 e. The fraction of sp³-hybridized carbons (Fsp3) is 0.182. The number of halogens is 5. The lowest BCUT2D eigenvalue weighted by atomic mass is 10.2. The Hall–Kier alpha value is -1.26. The lowest BCUT2D eigenvalue weighted by molar-refractivity contribution is -0.0500. The van der Waals surface area contributed by atoms with Crippen molar-refractivity contribution >= 4 is 48.6 Å². The average molecular weight is 421 g/mol. The highest BCUT2D eigenvalue weighted by atomic mass is 79.9. The van der Waals surface area contributed by atoms with Gasteiger partial charge in [-0.2, -0.15) is 21.6 Å². The van der Waals surface area contributed by atoms with Gasteiger partial charge in [0.05, 0.1) is 10.5 Å². The molecule has 2 rings (SSSR count). The molecule has 11 heteroatoms. The predicted molar refractivity (Wildman–Crippen MR) is 77.5 cm³/mol. The molecule has 1 aromatic carbocycles. The lowest BCUT2D eigenvalue weighted by Gasteiger charge is -2.12. The molecule has 120 valence electrons. The molecule has 0 saturated carbocycles. The van der Waals surface area contributed by atoms with Crippen molar-refractivity contribution in [3.8, 4) is 5.75 Å². The number of aromatic nitrogens is 1. The molecule has 0 amide bonds. The highest BCUT2D eigenvalue weighted by molar-refractivity contribution is 9.10. The van der Waals surface area contributed by atoms with E-state index in [0.29, 0.717) is 9.99 Å². The van der Waals surface area contributed by atoms with Crippen molar-refractivity contribution in [3.05, 3.63) is 38.0 Å². The monoisotopic (exact) mass is 419 g/mol. The van der Waals surface area contributed by atoms with Gasteiger partial charge in [0, 0.05) is 16.9 Å². The van der Waals surface area contributed by atoms with Crippen LogP contribution in [0.15, 0.2) is 27.5 Å². The molecule has 0 aliphatic rings. The first-order chi connectivity index (χ1) is 9.95. The van der Waals surface area contributed by atoms with Crippen molar-refractivity contribution in [2.24, 2.45) is 7.05 Å². The first-order valence-electron chi connectivity index (χ1n) is 5.44. The van der Waals surface area contributed by atoms with Gasteiger partial charge < -0.3 is 8.75 Å². The van der Waals surface area contributed by atoms with Crippen molar-refractivity contribution in [2.45, 2.75) is 5.51 Å². The Bertz CT molecular complexity index is 924. The smallest absolute Gasteiger partial charge is 0.370 e. The molecule has 0 saturated heterocycles. The minimum atomic E-state index is -5.95. The Morgan fingerprint density at radius 3 is 2.45 bits per heavy atom. The zero-order valence-corrected chi connectivity index (χ0v) is 13.8. The first-order valence-corrected chi connectivity index (χ1v) is 8.02. The molecule has 1 aromatic heterocycles. The van der Waals surface area contributed by atoms with E-state index in [0.717, 1.165) is 10.6 Å². The molecule has 0 atom stereocenters. The first kappa shape index (κ1) is 17.1. The van der Waals surface area contributed by atoms with Gasteiger partial charge >= 0.3 is 15.6 Å². The summed E-state index contributed by atoms with van der Waals surface area (Å²) in [6.07, 6.45) is 0. The Balaban J connectivity index is 2.74. The summed E-state index contributed by atoms with van der Waals surface area (Å²) in [7, 11) is -4.70. The molecule has 0 radical (unpaired) electrons. The van der Waals surface area contributed by atoms with Crippen LogP contribution in [0.4, 0.5) is 13.2 Å². The molecule has 5 nitrogen and oxygen atoms in total. The van der Waals surface area contributed by atoms with Crippen LogP contribution in [0.25, 0.3) is 10.9 Å². The number of hydrogen-bond donors (Lipinski definition) is 0. The second-order valence-corrected chi connectivity index (χ2v) is 6.92. The summed E-state index contributed by atoms with van der Waals surface area (Å²) in [6.45, 7) is 0. The molecule has 22 heavy (non-hydrogen) atoms. The van der Waals surface area contributed by atoms with E-state index in [4.69, 9.17) is 11.6 Å². The van der Waals surface area contributed by atoms with E-state index in [1.165, 1.54) is 19.2 Å². The number of rotatable bonds is 2. The molecule has 2 aromatic rings. The van der Waals surface area contributed by atoms with Crippen LogP contribution in [0.3, 0.4) is 0 Å². The molecule has 0 bridgehead atoms. The van der Waals surface area contributed by atoms with E-state index in [-0.39, 0.29) is 10.4 Å². The van der Waals surface area contributed by atoms with E-state index in [9.17, 15) is 26.4 Å². The number of pyridine rings is 1. The highest BCUT2D eigenvalue weighted by Crippen LogP contribution is 2.33. The Morgan fingerprint density at radius 2 is 1.91 bits per heavy atom. The highest BCUT2D eigenvalue weighted by Gasteiger charge is 2.49. The van der Waals surface area contributed by atoms with Crippen molar-refractivity contribution in [2.75, 3.05) is 0 Å². The summed E-state index contributed by atoms with van der Waals surface area (Å²) in [5, 5.41) is 0.257. The quantitative estimate of drug-likeness (QED) is 0.553. The van der Waals surface area contributed by atoms with E-state index in [1.54, 1.807) is 0 Å². The van der Waals surface area contributed by atoms with E-state index >= 15 is 0 Å². The Labute approximate surface area is 135 Å². The van der Waals surface area contributed by atoms with Gasteiger partial charge in [0.2, 0.25) is 5.75 Å². The van der Waals surface area contributed by atoms with E-state index < -0.39 is 26.9 Å². The van der Waals surface area contributed by atoms with Gasteiger partial charge in [0.25, 0.3) is 5.56 Å². The summed E-state index contributed by atoms with van der Waals surface area (Å²) < 4.78 is 64.4. The number of benzene rings is 1. The normalized spacial score (nSPS) is 12.6. The molecular formula is C11H6BrClF3NO4S. The zero-order chi connectivity index (χ0) is 16.9. The Kier molecular flexibility index (Phi) is 4.22. The fourth-order valence-electron chi connectivity index (χ4n) is 1.68. The summed E-state index contributed by atoms with van der Waals surface area (Å²) >= 11 is 9.11. The lowest BCUT2D eigenvalue weighted by Crippen LogP contribution is -2.31. The minimum absolute atomic E-state index is 0.0994. The summed E-state index contributed by atoms with van der Waals surface area (Å²) in [5.74, 6) is -0.993. The zero-order valence-electron chi connectivity index (χ0n) is 10.6. The summed E-state index contributed by atoms with van der Waals surface area (Å²) in [4.78, 5) is 11.9. The topological polar surface area (TPSA) is 65.4 Å². The number of aryl methyl sites for hydroxylation is 1. The average Bonchev–Trinajstić information content (AvgIpc) is 2.39. The number of nitrogens with zero attached hydrogens (tertiary/aromatic N) is 1. The van der Waals surface area contributed by atoms with Crippen LogP contribution < -0.4 is 9.74 Å². The summed E-state index contributed by atoms with van der Waals surface area (Å²) in [5.41, 5.74) is -6.39. The molecule has 0 fully saturated rings. The molecule has 1 heterocycles. The Morgan fingerprint density at radius 1 is 1.32 bits per heavy atom. The van der Waals surface area contributed by atoms with Gasteiger partial charge in [-0.05, 0) is 34.1 Å². The second kappa shape index (κ2) is 5.43. The maximum Gasteiger partial charge on any atom is 0.534 e. The van der Waals surface area contributed by atoms with Crippen LogP contribution in [0.1, 0.15) is 0 Å². The predicted octanol–water partition coefficient (Wildman–Crippen LogP) is 3.18. The molecule has 0 aliphatic heterocycles. The second-order valence-electron chi connectivity index (χ2n) is 4.15. The molecule has 0 aliphatic carbocycles. The molecule has 0 unspecified atom stereocenters. The standard InChI is InChI=1S/C11H6BrClF3NO4S/c1-17-7-3-2-6(12)9(13)5(7)4-8(10(17)18)21-22(19,20)11(14,15)16/h2-4H,1H3. The maximum atomic E-state index is 12.4. The van der Waals surface area contributed by atoms with Gasteiger partial charge in [-0.3, -0.25) is 4.79 Å². The fourth-order valence-corrected chi connectivity index (χ4v) is 2.69. The van der Waals surface area contributed by atoms with Gasteiger partial charge in [0.15, 0.2) is 0 Å². The van der Waals surface area contributed by atoms with Crippen molar-refractivity contribution in [1.29, 1.82) is 0 Å². The van der Waals surface area contributed by atoms with Crippen LogP contribution in [-0.4, -0.2) is 18.5 Å². The van der Waals surface area contributed by atoms with E-state index in [1.807, 2.05) is 0 Å². The van der Waals surface area contributed by atoms with Gasteiger partial charge in [-0.1, -0.05) is 11.6 Å². The van der Waals surface area contributed by atoms with Crippen molar-refractivity contribution in [1.82, 2.24) is 4.57 Å². The van der Waals surface area contributed by atoms with Crippen molar-refractivity contribution < 1.29 is 25.8 Å². The van der Waals surface area contributed by atoms with Crippen LogP contribution in [-0.2, 0) is 17.2 Å². The van der Waals surface area contributed by atoms with Crippen molar-refractivity contribution in [3.63, 3.8) is 0 Å². The van der Waals surface area contributed by atoms with Crippen LogP contribution >= 0.6 is 27.5 Å². The SMILES string of the molecule is Cn1c(=O)c(OS(=O)(=O)C(F)(F)F)cc2c(Cl)c(Br)ccc21. The molecular weight excluding hydrogens is 415 g/mol. The third-order valence-electron chi connectivity index (χ3n) is 2.74. The third kappa shape index (κ3) is 2.82. The van der Waals surface area contributed by atoms with Crippen LogP contribution in [0.5, 0.6) is 5.75 Å². The molecule has 0 spiro atoms. The largest absolute Gasteiger partial charge is 0.534 e.